The third-order valence-electron chi connectivity index (χ3n) is 2.29. The van der Waals surface area contributed by atoms with E-state index in [4.69, 9.17) is 4.74 Å². The van der Waals surface area contributed by atoms with E-state index in [2.05, 4.69) is 31.9 Å². The number of hydrogen-bond acceptors (Lipinski definition) is 1. The van der Waals surface area contributed by atoms with Crippen LogP contribution in [0.1, 0.15) is 5.56 Å². The van der Waals surface area contributed by atoms with Gasteiger partial charge in [-0.2, -0.15) is 0 Å². The Balaban J connectivity index is 2.36. The molecule has 0 unspecified atom stereocenters. The molecule has 5 heteroatoms. The standard InChI is InChI=1S/C13H8Br2F2O/c14-7-8-1-2-9(15)5-13(8)18-12-4-3-10(16)6-11(12)17/h1-6H,7H2. The molecule has 2 aromatic rings. The number of benzene rings is 2. The van der Waals surface area contributed by atoms with Crippen LogP contribution in [0.4, 0.5) is 8.78 Å². The number of rotatable bonds is 3. The van der Waals surface area contributed by atoms with Crippen LogP contribution in [0.25, 0.3) is 0 Å². The second-order valence-corrected chi connectivity index (χ2v) is 5.04. The first-order valence-electron chi connectivity index (χ1n) is 5.07. The van der Waals surface area contributed by atoms with Crippen molar-refractivity contribution in [3.63, 3.8) is 0 Å². The first-order chi connectivity index (χ1) is 8.60. The quantitative estimate of drug-likeness (QED) is 0.649. The molecule has 1 nitrogen and oxygen atoms in total. The Kier molecular flexibility index (Phi) is 4.35. The summed E-state index contributed by atoms with van der Waals surface area (Å²) in [6.45, 7) is 0. The van der Waals surface area contributed by atoms with Gasteiger partial charge in [-0.15, -0.1) is 0 Å². The lowest BCUT2D eigenvalue weighted by molar-refractivity contribution is 0.435. The lowest BCUT2D eigenvalue weighted by Crippen LogP contribution is -1.93. The molecule has 0 bridgehead atoms. The minimum atomic E-state index is -0.726. The van der Waals surface area contributed by atoms with E-state index in [0.29, 0.717) is 11.1 Å². The van der Waals surface area contributed by atoms with E-state index in [9.17, 15) is 8.78 Å². The summed E-state index contributed by atoms with van der Waals surface area (Å²) in [7, 11) is 0. The second kappa shape index (κ2) is 5.80. The van der Waals surface area contributed by atoms with Gasteiger partial charge in [0.25, 0.3) is 0 Å². The van der Waals surface area contributed by atoms with Crippen molar-refractivity contribution in [3.8, 4) is 11.5 Å². The molecule has 0 aromatic heterocycles. The molecule has 0 aliphatic rings. The summed E-state index contributed by atoms with van der Waals surface area (Å²) in [5.41, 5.74) is 0.877. The predicted molar refractivity (Wildman–Crippen MR) is 73.2 cm³/mol. The molecular formula is C13H8Br2F2O. The normalized spacial score (nSPS) is 10.4. The fraction of sp³-hybridized carbons (Fsp3) is 0.0769. The topological polar surface area (TPSA) is 9.23 Å². The maximum atomic E-state index is 13.5. The SMILES string of the molecule is Fc1ccc(Oc2cc(Br)ccc2CBr)c(F)c1. The van der Waals surface area contributed by atoms with Gasteiger partial charge in [0.1, 0.15) is 11.6 Å². The summed E-state index contributed by atoms with van der Waals surface area (Å²) < 4.78 is 32.6. The van der Waals surface area contributed by atoms with E-state index in [0.717, 1.165) is 22.2 Å². The zero-order chi connectivity index (χ0) is 13.1. The molecule has 0 saturated carbocycles. The molecule has 2 aromatic carbocycles. The zero-order valence-electron chi connectivity index (χ0n) is 9.09. The van der Waals surface area contributed by atoms with E-state index >= 15 is 0 Å². The number of halogens is 4. The average Bonchev–Trinajstić information content (AvgIpc) is 2.33. The number of hydrogen-bond donors (Lipinski definition) is 0. The highest BCUT2D eigenvalue weighted by atomic mass is 79.9. The smallest absolute Gasteiger partial charge is 0.168 e. The van der Waals surface area contributed by atoms with Crippen molar-refractivity contribution in [2.45, 2.75) is 5.33 Å². The van der Waals surface area contributed by atoms with Gasteiger partial charge in [-0.3, -0.25) is 0 Å². The Bertz CT molecular complexity index is 573. The molecule has 2 rings (SSSR count). The maximum absolute atomic E-state index is 13.5. The first kappa shape index (κ1) is 13.5. The lowest BCUT2D eigenvalue weighted by Gasteiger charge is -2.10. The Morgan fingerprint density at radius 2 is 1.78 bits per heavy atom. The van der Waals surface area contributed by atoms with Crippen molar-refractivity contribution in [1.82, 2.24) is 0 Å². The van der Waals surface area contributed by atoms with Crippen LogP contribution in [-0.2, 0) is 5.33 Å². The van der Waals surface area contributed by atoms with Crippen molar-refractivity contribution in [3.05, 3.63) is 58.1 Å². The first-order valence-corrected chi connectivity index (χ1v) is 6.99. The molecule has 0 spiro atoms. The minimum absolute atomic E-state index is 0.00306. The van der Waals surface area contributed by atoms with Gasteiger partial charge >= 0.3 is 0 Å². The largest absolute Gasteiger partial charge is 0.454 e. The molecule has 0 atom stereocenters. The van der Waals surface area contributed by atoms with E-state index in [-0.39, 0.29) is 5.75 Å². The van der Waals surface area contributed by atoms with Crippen molar-refractivity contribution >= 4 is 31.9 Å². The van der Waals surface area contributed by atoms with Crippen molar-refractivity contribution in [2.75, 3.05) is 0 Å². The van der Waals surface area contributed by atoms with Crippen LogP contribution in [0.3, 0.4) is 0 Å². The van der Waals surface area contributed by atoms with Gasteiger partial charge in [0, 0.05) is 21.4 Å². The van der Waals surface area contributed by atoms with Crippen LogP contribution in [0, 0.1) is 11.6 Å². The van der Waals surface area contributed by atoms with Crippen LogP contribution in [0.5, 0.6) is 11.5 Å². The van der Waals surface area contributed by atoms with Crippen LogP contribution in [0.15, 0.2) is 40.9 Å². The molecule has 0 N–H and O–H groups in total. The Morgan fingerprint density at radius 3 is 2.44 bits per heavy atom. The Labute approximate surface area is 120 Å². The minimum Gasteiger partial charge on any atom is -0.454 e. The monoisotopic (exact) mass is 376 g/mol. The van der Waals surface area contributed by atoms with Gasteiger partial charge < -0.3 is 4.74 Å². The molecule has 18 heavy (non-hydrogen) atoms. The zero-order valence-corrected chi connectivity index (χ0v) is 12.3. The molecular weight excluding hydrogens is 370 g/mol. The van der Waals surface area contributed by atoms with Gasteiger partial charge in [0.15, 0.2) is 11.6 Å². The third-order valence-corrected chi connectivity index (χ3v) is 3.38. The van der Waals surface area contributed by atoms with Gasteiger partial charge in [0.2, 0.25) is 0 Å². The maximum Gasteiger partial charge on any atom is 0.168 e. The molecule has 0 radical (unpaired) electrons. The van der Waals surface area contributed by atoms with Gasteiger partial charge in [-0.05, 0) is 24.3 Å². The highest BCUT2D eigenvalue weighted by molar-refractivity contribution is 9.10. The highest BCUT2D eigenvalue weighted by Gasteiger charge is 2.09. The van der Waals surface area contributed by atoms with Crippen LogP contribution >= 0.6 is 31.9 Å². The molecule has 0 heterocycles. The summed E-state index contributed by atoms with van der Waals surface area (Å²) in [5.74, 6) is -0.839. The van der Waals surface area contributed by atoms with Crippen molar-refractivity contribution < 1.29 is 13.5 Å². The van der Waals surface area contributed by atoms with Crippen LogP contribution in [-0.4, -0.2) is 0 Å². The summed E-state index contributed by atoms with van der Waals surface area (Å²) in [4.78, 5) is 0. The van der Waals surface area contributed by atoms with E-state index in [1.54, 1.807) is 6.07 Å². The summed E-state index contributed by atoms with van der Waals surface area (Å²) >= 11 is 6.65. The van der Waals surface area contributed by atoms with Crippen LogP contribution in [0.2, 0.25) is 0 Å². The summed E-state index contributed by atoms with van der Waals surface area (Å²) in [6.07, 6.45) is 0. The van der Waals surface area contributed by atoms with Crippen molar-refractivity contribution in [1.29, 1.82) is 0 Å². The van der Waals surface area contributed by atoms with E-state index in [1.165, 1.54) is 6.07 Å². The fourth-order valence-electron chi connectivity index (χ4n) is 1.41. The van der Waals surface area contributed by atoms with E-state index in [1.807, 2.05) is 12.1 Å². The summed E-state index contributed by atoms with van der Waals surface area (Å²) in [6, 6.07) is 8.67. The molecule has 0 saturated heterocycles. The predicted octanol–water partition coefficient (Wildman–Crippen LogP) is 5.41. The third kappa shape index (κ3) is 3.09. The molecule has 0 fully saturated rings. The molecule has 94 valence electrons. The van der Waals surface area contributed by atoms with Crippen LogP contribution < -0.4 is 4.74 Å². The average molecular weight is 378 g/mol. The van der Waals surface area contributed by atoms with Crippen molar-refractivity contribution in [2.24, 2.45) is 0 Å². The molecule has 0 amide bonds. The fourth-order valence-corrected chi connectivity index (χ4v) is 2.21. The number of ether oxygens (including phenoxy) is 1. The van der Waals surface area contributed by atoms with Gasteiger partial charge in [0.05, 0.1) is 0 Å². The van der Waals surface area contributed by atoms with E-state index < -0.39 is 11.6 Å². The Morgan fingerprint density at radius 1 is 1.00 bits per heavy atom. The van der Waals surface area contributed by atoms with Gasteiger partial charge in [-0.1, -0.05) is 37.9 Å². The number of alkyl halides is 1. The molecule has 0 aliphatic heterocycles. The second-order valence-electron chi connectivity index (χ2n) is 3.56. The Hall–Kier alpha value is -0.940. The highest BCUT2D eigenvalue weighted by Crippen LogP contribution is 2.31. The summed E-state index contributed by atoms with van der Waals surface area (Å²) in [5, 5.41) is 0.582. The molecule has 0 aliphatic carbocycles. The van der Waals surface area contributed by atoms with Gasteiger partial charge in [-0.25, -0.2) is 8.78 Å². The lowest BCUT2D eigenvalue weighted by atomic mass is 10.2.